The number of piperidine rings is 1. The second-order valence-corrected chi connectivity index (χ2v) is 7.66. The predicted octanol–water partition coefficient (Wildman–Crippen LogP) is 2.17. The van der Waals surface area contributed by atoms with Crippen molar-refractivity contribution in [2.45, 2.75) is 38.7 Å². The molecule has 0 bridgehead atoms. The summed E-state index contributed by atoms with van der Waals surface area (Å²) in [6.07, 6.45) is 1.45. The van der Waals surface area contributed by atoms with E-state index >= 15 is 0 Å². The van der Waals surface area contributed by atoms with Crippen LogP contribution in [0.3, 0.4) is 0 Å². The van der Waals surface area contributed by atoms with Crippen LogP contribution < -0.4 is 10.6 Å². The summed E-state index contributed by atoms with van der Waals surface area (Å²) >= 11 is 0. The quantitative estimate of drug-likeness (QED) is 0.727. The number of alkyl halides is 2. The molecule has 2 unspecified atom stereocenters. The fraction of sp³-hybridized carbons (Fsp3) is 0.632. The molecular formula is C19H24F2N4O3. The highest BCUT2D eigenvalue weighted by Crippen LogP contribution is 2.49. The van der Waals surface area contributed by atoms with Crippen molar-refractivity contribution in [1.82, 2.24) is 14.1 Å². The minimum atomic E-state index is -2.68. The SMILES string of the molecule is CCOC(=O)C1CCCN(c2ccc3c(n2)n(C)c(=O)n3CC2CC2(F)F)C1. The highest BCUT2D eigenvalue weighted by molar-refractivity contribution is 5.75. The van der Waals surface area contributed by atoms with E-state index in [1.807, 2.05) is 4.90 Å². The van der Waals surface area contributed by atoms with Crippen LogP contribution in [0.1, 0.15) is 26.2 Å². The van der Waals surface area contributed by atoms with E-state index in [9.17, 15) is 18.4 Å². The van der Waals surface area contributed by atoms with Gasteiger partial charge in [0.1, 0.15) is 5.82 Å². The summed E-state index contributed by atoms with van der Waals surface area (Å²) in [6.45, 7) is 3.42. The van der Waals surface area contributed by atoms with Crippen LogP contribution in [0.15, 0.2) is 16.9 Å². The highest BCUT2D eigenvalue weighted by Gasteiger charge is 2.57. The second kappa shape index (κ2) is 6.86. The number of imidazole rings is 1. The van der Waals surface area contributed by atoms with E-state index < -0.39 is 11.8 Å². The summed E-state index contributed by atoms with van der Waals surface area (Å²) in [5.41, 5.74) is 0.674. The zero-order valence-corrected chi connectivity index (χ0v) is 16.0. The van der Waals surface area contributed by atoms with Gasteiger partial charge < -0.3 is 9.64 Å². The first-order valence-electron chi connectivity index (χ1n) is 9.67. The van der Waals surface area contributed by atoms with Gasteiger partial charge >= 0.3 is 11.7 Å². The molecule has 1 saturated heterocycles. The van der Waals surface area contributed by atoms with Gasteiger partial charge in [-0.05, 0) is 31.9 Å². The van der Waals surface area contributed by atoms with Crippen molar-refractivity contribution in [3.05, 3.63) is 22.6 Å². The first-order valence-corrected chi connectivity index (χ1v) is 9.67. The van der Waals surface area contributed by atoms with Crippen LogP contribution in [0.2, 0.25) is 0 Å². The molecule has 9 heteroatoms. The van der Waals surface area contributed by atoms with Crippen molar-refractivity contribution < 1.29 is 18.3 Å². The van der Waals surface area contributed by atoms with Crippen LogP contribution in [0, 0.1) is 11.8 Å². The molecule has 2 fully saturated rings. The Morgan fingerprint density at radius 3 is 2.82 bits per heavy atom. The summed E-state index contributed by atoms with van der Waals surface area (Å²) in [7, 11) is 1.60. The van der Waals surface area contributed by atoms with E-state index in [-0.39, 0.29) is 30.5 Å². The van der Waals surface area contributed by atoms with Crippen LogP contribution in [0.4, 0.5) is 14.6 Å². The van der Waals surface area contributed by atoms with Gasteiger partial charge in [-0.15, -0.1) is 0 Å². The maximum atomic E-state index is 13.3. The van der Waals surface area contributed by atoms with Gasteiger partial charge in [0, 0.05) is 39.0 Å². The predicted molar refractivity (Wildman–Crippen MR) is 99.6 cm³/mol. The third-order valence-corrected chi connectivity index (χ3v) is 5.69. The molecule has 1 saturated carbocycles. The highest BCUT2D eigenvalue weighted by atomic mass is 19.3. The number of aromatic nitrogens is 3. The first-order chi connectivity index (χ1) is 13.3. The van der Waals surface area contributed by atoms with Gasteiger partial charge in [0.2, 0.25) is 0 Å². The van der Waals surface area contributed by atoms with E-state index in [1.165, 1.54) is 9.13 Å². The van der Waals surface area contributed by atoms with Gasteiger partial charge in [0.25, 0.3) is 5.92 Å². The average molecular weight is 394 g/mol. The Morgan fingerprint density at radius 1 is 1.39 bits per heavy atom. The summed E-state index contributed by atoms with van der Waals surface area (Å²) < 4.78 is 34.5. The zero-order valence-electron chi connectivity index (χ0n) is 16.0. The molecule has 28 heavy (non-hydrogen) atoms. The molecule has 0 aromatic carbocycles. The van der Waals surface area contributed by atoms with Crippen LogP contribution in [0.5, 0.6) is 0 Å². The second-order valence-electron chi connectivity index (χ2n) is 7.66. The van der Waals surface area contributed by atoms with Gasteiger partial charge in [0.05, 0.1) is 18.0 Å². The molecule has 2 aromatic heterocycles. The Balaban J connectivity index is 1.60. The Bertz CT molecular complexity index is 968. The van der Waals surface area contributed by atoms with Crippen LogP contribution in [0.25, 0.3) is 11.2 Å². The molecule has 1 aliphatic heterocycles. The lowest BCUT2D eigenvalue weighted by molar-refractivity contribution is -0.148. The number of ether oxygens (including phenoxy) is 1. The van der Waals surface area contributed by atoms with E-state index in [1.54, 1.807) is 26.1 Å². The molecule has 0 N–H and O–H groups in total. The molecule has 152 valence electrons. The minimum absolute atomic E-state index is 0.00114. The van der Waals surface area contributed by atoms with Gasteiger partial charge in [-0.25, -0.2) is 18.6 Å². The first kappa shape index (κ1) is 18.9. The molecule has 2 atom stereocenters. The third-order valence-electron chi connectivity index (χ3n) is 5.69. The molecule has 2 aliphatic rings. The molecule has 3 heterocycles. The molecule has 0 amide bonds. The molecule has 1 aliphatic carbocycles. The Kier molecular flexibility index (Phi) is 4.63. The van der Waals surface area contributed by atoms with Crippen molar-refractivity contribution in [2.75, 3.05) is 24.6 Å². The third kappa shape index (κ3) is 3.27. The van der Waals surface area contributed by atoms with E-state index in [0.717, 1.165) is 19.4 Å². The van der Waals surface area contributed by atoms with Crippen LogP contribution in [-0.2, 0) is 23.1 Å². The van der Waals surface area contributed by atoms with Crippen molar-refractivity contribution in [2.24, 2.45) is 18.9 Å². The lowest BCUT2D eigenvalue weighted by atomic mass is 9.98. The number of carbonyl (C=O) groups excluding carboxylic acids is 1. The smallest absolute Gasteiger partial charge is 0.330 e. The number of hydrogen-bond acceptors (Lipinski definition) is 5. The maximum Gasteiger partial charge on any atom is 0.330 e. The normalized spacial score (nSPS) is 23.8. The number of hydrogen-bond donors (Lipinski definition) is 0. The number of anilines is 1. The van der Waals surface area contributed by atoms with Crippen LogP contribution in [-0.4, -0.2) is 45.7 Å². The Labute approximate surface area is 160 Å². The topological polar surface area (TPSA) is 69.4 Å². The van der Waals surface area contributed by atoms with Gasteiger partial charge in [-0.1, -0.05) is 0 Å². The summed E-state index contributed by atoms with van der Waals surface area (Å²) in [5, 5.41) is 0. The van der Waals surface area contributed by atoms with E-state index in [2.05, 4.69) is 4.98 Å². The minimum Gasteiger partial charge on any atom is -0.466 e. The maximum absolute atomic E-state index is 13.3. The van der Waals surface area contributed by atoms with Crippen molar-refractivity contribution in [1.29, 1.82) is 0 Å². The number of fused-ring (bicyclic) bond motifs is 1. The summed E-state index contributed by atoms with van der Waals surface area (Å²) in [4.78, 5) is 31.2. The number of carbonyl (C=O) groups is 1. The standard InChI is InChI=1S/C19H24F2N4O3/c1-3-28-17(26)12-5-4-8-24(10-12)15-7-6-14-16(22-15)23(2)18(27)25(14)11-13-9-19(13,20)21/h6-7,12-13H,3-5,8-11H2,1-2H3. The average Bonchev–Trinajstić information content (AvgIpc) is 3.23. The van der Waals surface area contributed by atoms with Crippen molar-refractivity contribution >= 4 is 23.0 Å². The molecule has 0 radical (unpaired) electrons. The lowest BCUT2D eigenvalue weighted by Gasteiger charge is -2.32. The summed E-state index contributed by atoms with van der Waals surface area (Å²) in [5.74, 6) is -3.19. The Hall–Kier alpha value is -2.45. The van der Waals surface area contributed by atoms with Gasteiger partial charge in [0.15, 0.2) is 5.65 Å². The number of pyridine rings is 1. The molecule has 7 nitrogen and oxygen atoms in total. The van der Waals surface area contributed by atoms with E-state index in [4.69, 9.17) is 4.74 Å². The zero-order chi connectivity index (χ0) is 20.1. The number of rotatable bonds is 5. The number of halogens is 2. The van der Waals surface area contributed by atoms with Crippen molar-refractivity contribution in [3.63, 3.8) is 0 Å². The molecule has 2 aromatic rings. The van der Waals surface area contributed by atoms with Gasteiger partial charge in [-0.2, -0.15) is 0 Å². The van der Waals surface area contributed by atoms with Crippen molar-refractivity contribution in [3.8, 4) is 0 Å². The lowest BCUT2D eigenvalue weighted by Crippen LogP contribution is -2.39. The number of esters is 1. The fourth-order valence-electron chi connectivity index (χ4n) is 3.94. The summed E-state index contributed by atoms with van der Waals surface area (Å²) in [6, 6.07) is 3.55. The molecule has 0 spiro atoms. The molecule has 4 rings (SSSR count). The number of aryl methyl sites for hydroxylation is 1. The molecular weight excluding hydrogens is 370 g/mol. The monoisotopic (exact) mass is 394 g/mol. The Morgan fingerprint density at radius 2 is 2.14 bits per heavy atom. The van der Waals surface area contributed by atoms with Gasteiger partial charge in [-0.3, -0.25) is 13.9 Å². The van der Waals surface area contributed by atoms with Crippen LogP contribution >= 0.6 is 0 Å². The van der Waals surface area contributed by atoms with E-state index in [0.29, 0.717) is 30.1 Å². The fourth-order valence-corrected chi connectivity index (χ4v) is 3.94. The number of nitrogens with zero attached hydrogens (tertiary/aromatic N) is 4. The largest absolute Gasteiger partial charge is 0.466 e.